The van der Waals surface area contributed by atoms with Gasteiger partial charge in [-0.05, 0) is 94.6 Å². The number of rotatable bonds is 3. The van der Waals surface area contributed by atoms with Crippen LogP contribution in [0, 0.1) is 27.7 Å². The monoisotopic (exact) mass is 441 g/mol. The predicted molar refractivity (Wildman–Crippen MR) is 146 cm³/mol. The average Bonchev–Trinajstić information content (AvgIpc) is 3.40. The molecule has 0 unspecified atom stereocenters. The second kappa shape index (κ2) is 7.31. The fraction of sp³-hybridized carbons (Fsp3) is 0.235. The lowest BCUT2D eigenvalue weighted by Crippen LogP contribution is -2.24. The molecule has 1 aliphatic rings. The Labute approximate surface area is 204 Å². The molecule has 0 aliphatic heterocycles. The summed E-state index contributed by atoms with van der Waals surface area (Å²) in [6, 6.07) is 33.0. The molecule has 0 nitrogen and oxygen atoms in total. The van der Waals surface area contributed by atoms with Crippen molar-refractivity contribution >= 4 is 21.5 Å². The second-order valence-corrected chi connectivity index (χ2v) is 10.3. The van der Waals surface area contributed by atoms with Gasteiger partial charge in [0.15, 0.2) is 0 Å². The van der Waals surface area contributed by atoms with Crippen molar-refractivity contribution in [2.75, 3.05) is 0 Å². The highest BCUT2D eigenvalue weighted by Gasteiger charge is 2.67. The molecule has 2 atom stereocenters. The van der Waals surface area contributed by atoms with E-state index in [9.17, 15) is 1.37 Å². The van der Waals surface area contributed by atoms with E-state index in [1.165, 1.54) is 60.5 Å². The van der Waals surface area contributed by atoms with Crippen LogP contribution in [-0.2, 0) is 10.8 Å². The highest BCUT2D eigenvalue weighted by molar-refractivity contribution is 5.93. The van der Waals surface area contributed by atoms with Crippen LogP contribution in [0.25, 0.3) is 21.5 Å². The van der Waals surface area contributed by atoms with Crippen LogP contribution < -0.4 is 0 Å². The topological polar surface area (TPSA) is 0 Å². The summed E-state index contributed by atoms with van der Waals surface area (Å²) in [5, 5.41) is 5.20. The Hall–Kier alpha value is -3.38. The van der Waals surface area contributed by atoms with Crippen molar-refractivity contribution in [1.29, 1.82) is 0 Å². The minimum absolute atomic E-state index is 0.282. The zero-order valence-electron chi connectivity index (χ0n) is 21.7. The van der Waals surface area contributed by atoms with E-state index in [1.807, 2.05) is 0 Å². The Morgan fingerprint density at radius 2 is 1.00 bits per heavy atom. The molecule has 1 saturated carbocycles. The Balaban J connectivity index is 1.76. The van der Waals surface area contributed by atoms with Gasteiger partial charge in [-0.1, -0.05) is 97.9 Å². The molecule has 0 aromatic heterocycles. The number of hydrogen-bond donors (Lipinski definition) is 0. The lowest BCUT2D eigenvalue weighted by atomic mass is 9.73. The maximum Gasteiger partial charge on any atom is 0.0311 e. The highest BCUT2D eigenvalue weighted by atomic mass is 14.7. The second-order valence-electron chi connectivity index (χ2n) is 10.3. The van der Waals surface area contributed by atoms with Crippen LogP contribution in [0.4, 0.5) is 0 Å². The number of fused-ring (bicyclic) bond motifs is 2. The Morgan fingerprint density at radius 1 is 0.588 bits per heavy atom. The SMILES string of the molecule is [2H][C@H]1C(c2cc(C)c3ccccc3c2C)(c2cc(C)c3ccccc3c2C)[C@@]1(C)c1ccccc1. The molecule has 0 heteroatoms. The van der Waals surface area contributed by atoms with Crippen LogP contribution in [0.5, 0.6) is 0 Å². The molecule has 168 valence electrons. The van der Waals surface area contributed by atoms with E-state index in [-0.39, 0.29) is 11.8 Å². The van der Waals surface area contributed by atoms with Crippen LogP contribution in [-0.4, -0.2) is 0 Å². The quantitative estimate of drug-likeness (QED) is 0.262. The van der Waals surface area contributed by atoms with Crippen molar-refractivity contribution < 1.29 is 1.37 Å². The number of aryl methyl sites for hydroxylation is 4. The van der Waals surface area contributed by atoms with E-state index in [1.54, 1.807) is 0 Å². The zero-order valence-corrected chi connectivity index (χ0v) is 20.7. The zero-order chi connectivity index (χ0) is 24.5. The Morgan fingerprint density at radius 3 is 1.47 bits per heavy atom. The first kappa shape index (κ1) is 20.0. The summed E-state index contributed by atoms with van der Waals surface area (Å²) < 4.78 is 9.72. The third-order valence-corrected chi connectivity index (χ3v) is 8.51. The third kappa shape index (κ3) is 2.72. The summed E-state index contributed by atoms with van der Waals surface area (Å²) in [5.41, 5.74) is 8.27. The van der Waals surface area contributed by atoms with E-state index in [4.69, 9.17) is 0 Å². The van der Waals surface area contributed by atoms with E-state index >= 15 is 0 Å². The van der Waals surface area contributed by atoms with Crippen molar-refractivity contribution in [3.8, 4) is 0 Å². The lowest BCUT2D eigenvalue weighted by molar-refractivity contribution is 0.647. The minimum Gasteiger partial charge on any atom is -0.0622 e. The first-order chi connectivity index (χ1) is 16.8. The van der Waals surface area contributed by atoms with Gasteiger partial charge in [0.05, 0.1) is 0 Å². The standard InChI is InChI=1S/C34H32/c1-22-19-31(24(3)29-17-11-9-15-27(22)29)34(21-33(34,5)26-13-7-6-8-14-26)32-20-23(2)28-16-10-12-18-30(28)25(32)4/h6-20H,21H2,1-5H3/t33-/m1/s1/i21D/t21-,33-. The van der Waals surface area contributed by atoms with Gasteiger partial charge in [-0.3, -0.25) is 0 Å². The lowest BCUT2D eigenvalue weighted by Gasteiger charge is -2.30. The van der Waals surface area contributed by atoms with Crippen LogP contribution in [0.1, 0.15) is 53.6 Å². The van der Waals surface area contributed by atoms with Gasteiger partial charge in [-0.15, -0.1) is 0 Å². The van der Waals surface area contributed by atoms with Crippen LogP contribution >= 0.6 is 0 Å². The molecule has 0 spiro atoms. The maximum absolute atomic E-state index is 9.72. The summed E-state index contributed by atoms with van der Waals surface area (Å²) in [4.78, 5) is 0. The average molecular weight is 442 g/mol. The smallest absolute Gasteiger partial charge is 0.0311 e. The molecule has 0 amide bonds. The molecule has 0 heterocycles. The van der Waals surface area contributed by atoms with Crippen molar-refractivity contribution in [2.24, 2.45) is 0 Å². The highest BCUT2D eigenvalue weighted by Crippen LogP contribution is 2.70. The molecule has 5 aromatic rings. The first-order valence-electron chi connectivity index (χ1n) is 12.9. The molecular formula is C34H32. The molecule has 1 aliphatic carbocycles. The first-order valence-corrected chi connectivity index (χ1v) is 12.3. The maximum atomic E-state index is 9.72. The van der Waals surface area contributed by atoms with Gasteiger partial charge in [-0.2, -0.15) is 0 Å². The van der Waals surface area contributed by atoms with E-state index in [2.05, 4.69) is 126 Å². The van der Waals surface area contributed by atoms with Gasteiger partial charge in [0.2, 0.25) is 0 Å². The summed E-state index contributed by atoms with van der Waals surface area (Å²) in [6.07, 6.45) is -0.282. The van der Waals surface area contributed by atoms with E-state index in [0.29, 0.717) is 0 Å². The molecule has 34 heavy (non-hydrogen) atoms. The van der Waals surface area contributed by atoms with Gasteiger partial charge in [0, 0.05) is 12.2 Å². The predicted octanol–water partition coefficient (Wildman–Crippen LogP) is 8.87. The van der Waals surface area contributed by atoms with Gasteiger partial charge in [-0.25, -0.2) is 0 Å². The van der Waals surface area contributed by atoms with Crippen molar-refractivity contribution in [3.63, 3.8) is 0 Å². The molecule has 6 rings (SSSR count). The summed E-state index contributed by atoms with van der Waals surface area (Å²) in [6.45, 7) is 11.3. The normalized spacial score (nSPS) is 21.6. The molecule has 5 aromatic carbocycles. The third-order valence-electron chi connectivity index (χ3n) is 8.51. The van der Waals surface area contributed by atoms with Crippen LogP contribution in [0.2, 0.25) is 0 Å². The molecule has 0 saturated heterocycles. The fourth-order valence-corrected chi connectivity index (χ4v) is 6.57. The summed E-state index contributed by atoms with van der Waals surface area (Å²) in [7, 11) is 0. The molecule has 0 bridgehead atoms. The molecule has 0 N–H and O–H groups in total. The summed E-state index contributed by atoms with van der Waals surface area (Å²) >= 11 is 0. The Kier molecular flexibility index (Phi) is 4.31. The van der Waals surface area contributed by atoms with Crippen LogP contribution in [0.3, 0.4) is 0 Å². The fourth-order valence-electron chi connectivity index (χ4n) is 6.57. The molecule has 1 fully saturated rings. The van der Waals surface area contributed by atoms with Gasteiger partial charge in [0.1, 0.15) is 0 Å². The number of benzene rings is 5. The largest absolute Gasteiger partial charge is 0.0622 e. The van der Waals surface area contributed by atoms with E-state index < -0.39 is 5.41 Å². The van der Waals surface area contributed by atoms with Gasteiger partial charge < -0.3 is 0 Å². The van der Waals surface area contributed by atoms with Crippen molar-refractivity contribution in [2.45, 2.75) is 51.8 Å². The minimum atomic E-state index is -0.425. The Bertz CT molecular complexity index is 1520. The van der Waals surface area contributed by atoms with Crippen LogP contribution in [0.15, 0.2) is 91.0 Å². The van der Waals surface area contributed by atoms with Crippen molar-refractivity contribution in [1.82, 2.24) is 0 Å². The molecular weight excluding hydrogens is 408 g/mol. The van der Waals surface area contributed by atoms with E-state index in [0.717, 1.165) is 0 Å². The van der Waals surface area contributed by atoms with Gasteiger partial charge >= 0.3 is 0 Å². The number of hydrogen-bond acceptors (Lipinski definition) is 0. The molecule has 0 radical (unpaired) electrons. The van der Waals surface area contributed by atoms with Gasteiger partial charge in [0.25, 0.3) is 0 Å². The van der Waals surface area contributed by atoms with Crippen molar-refractivity contribution in [3.05, 3.63) is 130 Å². The summed E-state index contributed by atoms with van der Waals surface area (Å²) in [5.74, 6) is 0.